The average Bonchev–Trinajstić information content (AvgIpc) is 2.28. The predicted molar refractivity (Wildman–Crippen MR) is 70.6 cm³/mol. The summed E-state index contributed by atoms with van der Waals surface area (Å²) in [5.41, 5.74) is 1.98. The van der Waals surface area contributed by atoms with Gasteiger partial charge in [-0.25, -0.2) is 0 Å². The van der Waals surface area contributed by atoms with Gasteiger partial charge in [0.05, 0.1) is 22.3 Å². The van der Waals surface area contributed by atoms with Gasteiger partial charge in [-0.2, -0.15) is 0 Å². The molecule has 0 fully saturated rings. The molecule has 0 aliphatic rings. The lowest BCUT2D eigenvalue weighted by Crippen LogP contribution is -1.90. The van der Waals surface area contributed by atoms with Crippen LogP contribution in [-0.4, -0.2) is 10.1 Å². The standard InChI is InChI=1S/C12H8Cl3NO/c13-8-4-9(14)12(10(15)5-8)11-3-7(6-17)1-2-16-11/h1-5,17H,6H2. The van der Waals surface area contributed by atoms with Crippen LogP contribution in [-0.2, 0) is 6.61 Å². The fourth-order valence-electron chi connectivity index (χ4n) is 1.50. The summed E-state index contributed by atoms with van der Waals surface area (Å²) in [5, 5.41) is 10.4. The number of aromatic nitrogens is 1. The molecule has 1 aromatic heterocycles. The quantitative estimate of drug-likeness (QED) is 0.898. The Kier molecular flexibility index (Phi) is 3.89. The molecule has 0 saturated heterocycles. The van der Waals surface area contributed by atoms with Crippen LogP contribution in [0.4, 0.5) is 0 Å². The van der Waals surface area contributed by atoms with Crippen molar-refractivity contribution in [2.75, 3.05) is 0 Å². The van der Waals surface area contributed by atoms with Crippen molar-refractivity contribution in [1.29, 1.82) is 0 Å². The molecule has 1 heterocycles. The first kappa shape index (κ1) is 12.7. The fraction of sp³-hybridized carbons (Fsp3) is 0.0833. The molecule has 0 aliphatic carbocycles. The van der Waals surface area contributed by atoms with E-state index in [1.165, 1.54) is 0 Å². The number of nitrogens with zero attached hydrogens (tertiary/aromatic N) is 1. The summed E-state index contributed by atoms with van der Waals surface area (Å²) in [6.45, 7) is -0.0572. The fourth-order valence-corrected chi connectivity index (χ4v) is 2.51. The van der Waals surface area contributed by atoms with Crippen LogP contribution in [0.25, 0.3) is 11.3 Å². The van der Waals surface area contributed by atoms with Gasteiger partial charge >= 0.3 is 0 Å². The van der Waals surface area contributed by atoms with E-state index in [0.717, 1.165) is 5.56 Å². The second-order valence-electron chi connectivity index (χ2n) is 3.45. The summed E-state index contributed by atoms with van der Waals surface area (Å²) in [6, 6.07) is 6.68. The van der Waals surface area contributed by atoms with Crippen LogP contribution in [0.15, 0.2) is 30.5 Å². The van der Waals surface area contributed by atoms with Gasteiger partial charge in [-0.15, -0.1) is 0 Å². The highest BCUT2D eigenvalue weighted by atomic mass is 35.5. The van der Waals surface area contributed by atoms with Crippen LogP contribution in [0.3, 0.4) is 0 Å². The molecule has 0 spiro atoms. The van der Waals surface area contributed by atoms with Crippen molar-refractivity contribution in [2.24, 2.45) is 0 Å². The zero-order valence-corrected chi connectivity index (χ0v) is 10.9. The van der Waals surface area contributed by atoms with Gasteiger partial charge in [0.2, 0.25) is 0 Å². The SMILES string of the molecule is OCc1ccnc(-c2c(Cl)cc(Cl)cc2Cl)c1. The van der Waals surface area contributed by atoms with E-state index in [4.69, 9.17) is 39.9 Å². The molecular weight excluding hydrogens is 280 g/mol. The third-order valence-electron chi connectivity index (χ3n) is 2.27. The Morgan fingerprint density at radius 2 is 1.71 bits per heavy atom. The third-order valence-corrected chi connectivity index (χ3v) is 3.08. The molecule has 0 unspecified atom stereocenters. The van der Waals surface area contributed by atoms with Crippen molar-refractivity contribution < 1.29 is 5.11 Å². The molecule has 2 rings (SSSR count). The smallest absolute Gasteiger partial charge is 0.0735 e. The molecule has 0 amide bonds. The minimum Gasteiger partial charge on any atom is -0.392 e. The molecule has 5 heteroatoms. The number of pyridine rings is 1. The zero-order chi connectivity index (χ0) is 12.4. The highest BCUT2D eigenvalue weighted by molar-refractivity contribution is 6.41. The van der Waals surface area contributed by atoms with Crippen LogP contribution in [0.2, 0.25) is 15.1 Å². The van der Waals surface area contributed by atoms with Gasteiger partial charge in [-0.3, -0.25) is 4.98 Å². The number of aliphatic hydroxyl groups is 1. The second kappa shape index (κ2) is 5.23. The minimum absolute atomic E-state index is 0.0572. The lowest BCUT2D eigenvalue weighted by molar-refractivity contribution is 0.282. The first-order valence-electron chi connectivity index (χ1n) is 4.82. The van der Waals surface area contributed by atoms with E-state index in [0.29, 0.717) is 26.3 Å². The molecule has 1 aromatic carbocycles. The number of hydrogen-bond acceptors (Lipinski definition) is 2. The Bertz CT molecular complexity index is 534. The first-order valence-corrected chi connectivity index (χ1v) is 5.96. The molecule has 17 heavy (non-hydrogen) atoms. The van der Waals surface area contributed by atoms with Crippen molar-refractivity contribution in [1.82, 2.24) is 4.98 Å². The molecule has 0 radical (unpaired) electrons. The van der Waals surface area contributed by atoms with Crippen LogP contribution in [0, 0.1) is 0 Å². The summed E-state index contributed by atoms with van der Waals surface area (Å²) in [4.78, 5) is 4.19. The van der Waals surface area contributed by atoms with Gasteiger partial charge in [0.1, 0.15) is 0 Å². The van der Waals surface area contributed by atoms with Crippen LogP contribution in [0.5, 0.6) is 0 Å². The molecule has 2 nitrogen and oxygen atoms in total. The lowest BCUT2D eigenvalue weighted by Gasteiger charge is -2.08. The lowest BCUT2D eigenvalue weighted by atomic mass is 10.1. The Balaban J connectivity index is 2.60. The highest BCUT2D eigenvalue weighted by Crippen LogP contribution is 2.36. The largest absolute Gasteiger partial charge is 0.392 e. The molecule has 0 atom stereocenters. The molecule has 0 aliphatic heterocycles. The zero-order valence-electron chi connectivity index (χ0n) is 8.62. The average molecular weight is 289 g/mol. The molecular formula is C12H8Cl3NO. The van der Waals surface area contributed by atoms with Gasteiger partial charge in [-0.05, 0) is 29.8 Å². The monoisotopic (exact) mass is 287 g/mol. The van der Waals surface area contributed by atoms with E-state index < -0.39 is 0 Å². The summed E-state index contributed by atoms with van der Waals surface area (Å²) >= 11 is 18.0. The Morgan fingerprint density at radius 3 is 2.29 bits per heavy atom. The second-order valence-corrected chi connectivity index (χ2v) is 4.70. The van der Waals surface area contributed by atoms with E-state index in [9.17, 15) is 0 Å². The van der Waals surface area contributed by atoms with Gasteiger partial charge in [-0.1, -0.05) is 34.8 Å². The Morgan fingerprint density at radius 1 is 1.06 bits per heavy atom. The Labute approximate surface area is 114 Å². The van der Waals surface area contributed by atoms with Crippen LogP contribution >= 0.6 is 34.8 Å². The van der Waals surface area contributed by atoms with Crippen molar-refractivity contribution in [2.45, 2.75) is 6.61 Å². The molecule has 1 N–H and O–H groups in total. The first-order chi connectivity index (χ1) is 8.11. The van der Waals surface area contributed by atoms with Crippen molar-refractivity contribution in [3.8, 4) is 11.3 Å². The number of halogens is 3. The number of benzene rings is 1. The number of hydrogen-bond donors (Lipinski definition) is 1. The van der Waals surface area contributed by atoms with E-state index in [1.807, 2.05) is 0 Å². The van der Waals surface area contributed by atoms with E-state index >= 15 is 0 Å². The normalized spacial score (nSPS) is 10.6. The Hall–Kier alpha value is -0.800. The highest BCUT2D eigenvalue weighted by Gasteiger charge is 2.11. The maximum atomic E-state index is 9.08. The third kappa shape index (κ3) is 2.72. The topological polar surface area (TPSA) is 33.1 Å². The molecule has 88 valence electrons. The predicted octanol–water partition coefficient (Wildman–Crippen LogP) is 4.20. The van der Waals surface area contributed by atoms with Gasteiger partial charge in [0.15, 0.2) is 0 Å². The van der Waals surface area contributed by atoms with E-state index in [-0.39, 0.29) is 6.61 Å². The van der Waals surface area contributed by atoms with Crippen molar-refractivity contribution in [3.05, 3.63) is 51.1 Å². The molecule has 0 bridgehead atoms. The maximum Gasteiger partial charge on any atom is 0.0735 e. The van der Waals surface area contributed by atoms with Crippen molar-refractivity contribution >= 4 is 34.8 Å². The molecule has 0 saturated carbocycles. The number of rotatable bonds is 2. The summed E-state index contributed by atoms with van der Waals surface area (Å²) in [7, 11) is 0. The van der Waals surface area contributed by atoms with Gasteiger partial charge in [0.25, 0.3) is 0 Å². The van der Waals surface area contributed by atoms with Gasteiger partial charge < -0.3 is 5.11 Å². The van der Waals surface area contributed by atoms with Crippen LogP contribution < -0.4 is 0 Å². The van der Waals surface area contributed by atoms with E-state index in [2.05, 4.69) is 4.98 Å². The minimum atomic E-state index is -0.0572. The van der Waals surface area contributed by atoms with Crippen LogP contribution in [0.1, 0.15) is 5.56 Å². The molecule has 2 aromatic rings. The maximum absolute atomic E-state index is 9.08. The summed E-state index contributed by atoms with van der Waals surface area (Å²) in [5.74, 6) is 0. The number of aliphatic hydroxyl groups excluding tert-OH is 1. The summed E-state index contributed by atoms with van der Waals surface area (Å²) < 4.78 is 0. The van der Waals surface area contributed by atoms with Gasteiger partial charge in [0, 0.05) is 16.8 Å². The summed E-state index contributed by atoms with van der Waals surface area (Å²) in [6.07, 6.45) is 1.60. The van der Waals surface area contributed by atoms with E-state index in [1.54, 1.807) is 30.5 Å². The van der Waals surface area contributed by atoms with Crippen molar-refractivity contribution in [3.63, 3.8) is 0 Å².